The summed E-state index contributed by atoms with van der Waals surface area (Å²) in [5.74, 6) is -0.0715. The molecule has 0 fully saturated rings. The van der Waals surface area contributed by atoms with Gasteiger partial charge in [-0.1, -0.05) is 48.7 Å². The van der Waals surface area contributed by atoms with Gasteiger partial charge in [-0.2, -0.15) is 0 Å². The molecule has 24 heavy (non-hydrogen) atoms. The fraction of sp³-hybridized carbons (Fsp3) is 0.368. The Morgan fingerprint density at radius 1 is 1.17 bits per heavy atom. The summed E-state index contributed by atoms with van der Waals surface area (Å²) < 4.78 is 0. The Hall–Kier alpha value is -1.58. The van der Waals surface area contributed by atoms with Gasteiger partial charge in [0.1, 0.15) is 0 Å². The Morgan fingerprint density at radius 2 is 1.92 bits per heavy atom. The number of nitrogens with one attached hydrogen (secondary N) is 1. The Balaban J connectivity index is 1.91. The quantitative estimate of drug-likeness (QED) is 0.737. The number of benzene rings is 1. The Morgan fingerprint density at radius 3 is 2.54 bits per heavy atom. The highest BCUT2D eigenvalue weighted by atomic mass is 35.5. The van der Waals surface area contributed by atoms with Crippen LogP contribution in [0.25, 0.3) is 0 Å². The molecule has 5 heteroatoms. The summed E-state index contributed by atoms with van der Waals surface area (Å²) in [6.45, 7) is 4.11. The van der Waals surface area contributed by atoms with Crippen molar-refractivity contribution in [3.63, 3.8) is 0 Å². The molecule has 0 radical (unpaired) electrons. The fourth-order valence-corrected chi connectivity index (χ4v) is 2.74. The lowest BCUT2D eigenvalue weighted by Gasteiger charge is -2.14. The third kappa shape index (κ3) is 5.50. The molecular weight excluding hydrogens is 343 g/mol. The van der Waals surface area contributed by atoms with Crippen LogP contribution < -0.4 is 5.32 Å². The average molecular weight is 365 g/mol. The van der Waals surface area contributed by atoms with E-state index in [0.717, 1.165) is 24.1 Å². The van der Waals surface area contributed by atoms with Crippen LogP contribution in [0.4, 0.5) is 0 Å². The monoisotopic (exact) mass is 364 g/mol. The number of hydrogen-bond acceptors (Lipinski definition) is 2. The van der Waals surface area contributed by atoms with Crippen LogP contribution in [0.2, 0.25) is 10.0 Å². The zero-order valence-corrected chi connectivity index (χ0v) is 15.5. The molecule has 128 valence electrons. The fourth-order valence-electron chi connectivity index (χ4n) is 2.42. The van der Waals surface area contributed by atoms with E-state index in [4.69, 9.17) is 23.2 Å². The van der Waals surface area contributed by atoms with Gasteiger partial charge in [0.15, 0.2) is 0 Å². The van der Waals surface area contributed by atoms with Crippen molar-refractivity contribution in [2.75, 3.05) is 0 Å². The van der Waals surface area contributed by atoms with Gasteiger partial charge in [0, 0.05) is 6.20 Å². The van der Waals surface area contributed by atoms with Crippen LogP contribution in [0.15, 0.2) is 36.5 Å². The average Bonchev–Trinajstić information content (AvgIpc) is 2.56. The zero-order chi connectivity index (χ0) is 17.5. The van der Waals surface area contributed by atoms with Crippen LogP contribution >= 0.6 is 23.2 Å². The third-order valence-electron chi connectivity index (χ3n) is 3.84. The van der Waals surface area contributed by atoms with Gasteiger partial charge in [0.05, 0.1) is 28.2 Å². The molecule has 1 atom stereocenters. The van der Waals surface area contributed by atoms with Gasteiger partial charge in [-0.15, -0.1) is 0 Å². The first kappa shape index (κ1) is 18.8. The smallest absolute Gasteiger partial charge is 0.224 e. The van der Waals surface area contributed by atoms with E-state index in [1.807, 2.05) is 19.2 Å². The van der Waals surface area contributed by atoms with Crippen molar-refractivity contribution in [2.45, 2.75) is 45.6 Å². The minimum absolute atomic E-state index is 0.0715. The number of carbonyl (C=O) groups is 1. The van der Waals surface area contributed by atoms with Crippen LogP contribution in [0, 0.1) is 0 Å². The first-order chi connectivity index (χ1) is 11.5. The summed E-state index contributed by atoms with van der Waals surface area (Å²) in [6.07, 6.45) is 5.53. The maximum Gasteiger partial charge on any atom is 0.224 e. The van der Waals surface area contributed by atoms with Crippen LogP contribution in [-0.4, -0.2) is 10.9 Å². The van der Waals surface area contributed by atoms with Crippen molar-refractivity contribution in [3.05, 3.63) is 63.4 Å². The molecule has 1 heterocycles. The number of amides is 1. The molecule has 1 amide bonds. The number of aryl methyl sites for hydroxylation is 1. The van der Waals surface area contributed by atoms with E-state index < -0.39 is 0 Å². The number of carbonyl (C=O) groups excluding carboxylic acids is 1. The normalized spacial score (nSPS) is 12.0. The molecule has 2 rings (SSSR count). The van der Waals surface area contributed by atoms with Crippen molar-refractivity contribution < 1.29 is 4.79 Å². The highest BCUT2D eigenvalue weighted by molar-refractivity contribution is 6.42. The maximum atomic E-state index is 12.2. The Labute approximate surface area is 153 Å². The molecule has 2 aromatic rings. The topological polar surface area (TPSA) is 42.0 Å². The predicted molar refractivity (Wildman–Crippen MR) is 99.6 cm³/mol. The number of unbranched alkanes of at least 4 members (excludes halogenated alkanes) is 1. The van der Waals surface area contributed by atoms with Crippen molar-refractivity contribution in [1.29, 1.82) is 0 Å². The van der Waals surface area contributed by atoms with Gasteiger partial charge in [-0.3, -0.25) is 9.78 Å². The summed E-state index contributed by atoms with van der Waals surface area (Å²) in [4.78, 5) is 16.6. The molecule has 1 N–H and O–H groups in total. The number of pyridine rings is 1. The predicted octanol–water partition coefficient (Wildman–Crippen LogP) is 5.15. The number of halogens is 2. The van der Waals surface area contributed by atoms with Gasteiger partial charge in [-0.25, -0.2) is 0 Å². The van der Waals surface area contributed by atoms with Crippen LogP contribution in [0.3, 0.4) is 0 Å². The number of hydrogen-bond donors (Lipinski definition) is 1. The lowest BCUT2D eigenvalue weighted by Crippen LogP contribution is -2.28. The summed E-state index contributed by atoms with van der Waals surface area (Å²) in [5, 5.41) is 3.91. The Kier molecular flexibility index (Phi) is 7.07. The van der Waals surface area contributed by atoms with Gasteiger partial charge >= 0.3 is 0 Å². The Bertz CT molecular complexity index is 686. The largest absolute Gasteiger partial charge is 0.348 e. The molecule has 1 aromatic carbocycles. The molecule has 0 unspecified atom stereocenters. The SMILES string of the molecule is CCCCc1ccc([C@@H](C)NC(=O)Cc2ccc(Cl)c(Cl)c2)nc1. The first-order valence-electron chi connectivity index (χ1n) is 8.17. The first-order valence-corrected chi connectivity index (χ1v) is 8.93. The van der Waals surface area contributed by atoms with Crippen molar-refractivity contribution in [2.24, 2.45) is 0 Å². The molecule has 0 aliphatic carbocycles. The highest BCUT2D eigenvalue weighted by Crippen LogP contribution is 2.23. The van der Waals surface area contributed by atoms with Gasteiger partial charge in [0.25, 0.3) is 0 Å². The van der Waals surface area contributed by atoms with Crippen molar-refractivity contribution in [3.8, 4) is 0 Å². The molecule has 0 saturated carbocycles. The van der Waals surface area contributed by atoms with E-state index in [9.17, 15) is 4.79 Å². The van der Waals surface area contributed by atoms with Crippen LogP contribution in [0.5, 0.6) is 0 Å². The third-order valence-corrected chi connectivity index (χ3v) is 4.58. The minimum Gasteiger partial charge on any atom is -0.348 e. The molecule has 0 spiro atoms. The summed E-state index contributed by atoms with van der Waals surface area (Å²) >= 11 is 11.9. The molecule has 0 aliphatic heterocycles. The highest BCUT2D eigenvalue weighted by Gasteiger charge is 2.12. The zero-order valence-electron chi connectivity index (χ0n) is 14.0. The summed E-state index contributed by atoms with van der Waals surface area (Å²) in [7, 11) is 0. The van der Waals surface area contributed by atoms with E-state index >= 15 is 0 Å². The van der Waals surface area contributed by atoms with Crippen molar-refractivity contribution in [1.82, 2.24) is 10.3 Å². The second-order valence-corrected chi connectivity index (χ2v) is 6.72. The lowest BCUT2D eigenvalue weighted by atomic mass is 10.1. The van der Waals surface area contributed by atoms with E-state index in [0.29, 0.717) is 10.0 Å². The van der Waals surface area contributed by atoms with Crippen LogP contribution in [-0.2, 0) is 17.6 Å². The second kappa shape index (κ2) is 9.05. The van der Waals surface area contributed by atoms with E-state index in [1.165, 1.54) is 12.0 Å². The van der Waals surface area contributed by atoms with Gasteiger partial charge in [-0.05, 0) is 49.1 Å². The molecular formula is C19H22Cl2N2O. The van der Waals surface area contributed by atoms with E-state index in [-0.39, 0.29) is 18.4 Å². The molecule has 0 bridgehead atoms. The second-order valence-electron chi connectivity index (χ2n) is 5.91. The van der Waals surface area contributed by atoms with Crippen molar-refractivity contribution >= 4 is 29.1 Å². The molecule has 0 saturated heterocycles. The molecule has 1 aromatic heterocycles. The number of aromatic nitrogens is 1. The van der Waals surface area contributed by atoms with Gasteiger partial charge < -0.3 is 5.32 Å². The standard InChI is InChI=1S/C19H22Cl2N2O/c1-3-4-5-14-7-9-18(22-12-14)13(2)23-19(24)11-15-6-8-16(20)17(21)10-15/h6-10,12-13H,3-5,11H2,1-2H3,(H,23,24)/t13-/m1/s1. The van der Waals surface area contributed by atoms with Gasteiger partial charge in [0.2, 0.25) is 5.91 Å². The number of nitrogens with zero attached hydrogens (tertiary/aromatic N) is 1. The summed E-state index contributed by atoms with van der Waals surface area (Å²) in [5.41, 5.74) is 2.92. The molecule has 0 aliphatic rings. The molecule has 3 nitrogen and oxygen atoms in total. The lowest BCUT2D eigenvalue weighted by molar-refractivity contribution is -0.121. The maximum absolute atomic E-state index is 12.2. The summed E-state index contributed by atoms with van der Waals surface area (Å²) in [6, 6.07) is 9.15. The van der Waals surface area contributed by atoms with E-state index in [1.54, 1.807) is 18.2 Å². The van der Waals surface area contributed by atoms with E-state index in [2.05, 4.69) is 23.3 Å². The van der Waals surface area contributed by atoms with Crippen LogP contribution in [0.1, 0.15) is 49.6 Å². The number of rotatable bonds is 7. The minimum atomic E-state index is -0.138.